The van der Waals surface area contributed by atoms with E-state index in [1.807, 2.05) is 24.1 Å². The van der Waals surface area contributed by atoms with Crippen molar-refractivity contribution >= 4 is 5.91 Å². The third-order valence-electron chi connectivity index (χ3n) is 7.84. The first-order chi connectivity index (χ1) is 15.0. The molecule has 1 spiro atoms. The number of nitrogens with zero attached hydrogens (tertiary/aromatic N) is 3. The Morgan fingerprint density at radius 1 is 1.13 bits per heavy atom. The average Bonchev–Trinajstić information content (AvgIpc) is 3.67. The fourth-order valence-electron chi connectivity index (χ4n) is 5.54. The Balaban J connectivity index is 1.26. The summed E-state index contributed by atoms with van der Waals surface area (Å²) in [5, 5.41) is 0. The van der Waals surface area contributed by atoms with Gasteiger partial charge in [-0.15, -0.1) is 0 Å². The normalized spacial score (nSPS) is 22.0. The maximum absolute atomic E-state index is 13.3. The predicted octanol–water partition coefficient (Wildman–Crippen LogP) is 2.57. The summed E-state index contributed by atoms with van der Waals surface area (Å²) in [6, 6.07) is 2.14. The minimum atomic E-state index is -0.152. The van der Waals surface area contributed by atoms with Crippen molar-refractivity contribution in [2.75, 3.05) is 13.1 Å². The summed E-state index contributed by atoms with van der Waals surface area (Å²) in [6.45, 7) is 3.05. The van der Waals surface area contributed by atoms with E-state index in [2.05, 4.69) is 4.98 Å². The van der Waals surface area contributed by atoms with Crippen LogP contribution in [0.3, 0.4) is 0 Å². The van der Waals surface area contributed by atoms with Crippen molar-refractivity contribution in [1.82, 2.24) is 19.4 Å². The number of amides is 1. The van der Waals surface area contributed by atoms with Crippen LogP contribution < -0.4 is 11.1 Å². The molecule has 7 nitrogen and oxygen atoms in total. The summed E-state index contributed by atoms with van der Waals surface area (Å²) < 4.78 is 1.73. The van der Waals surface area contributed by atoms with Crippen molar-refractivity contribution in [2.45, 2.75) is 75.7 Å². The molecule has 0 unspecified atom stereocenters. The zero-order chi connectivity index (χ0) is 21.3. The van der Waals surface area contributed by atoms with Crippen LogP contribution in [0, 0.1) is 6.92 Å². The van der Waals surface area contributed by atoms with Gasteiger partial charge < -0.3 is 14.5 Å². The second-order valence-corrected chi connectivity index (χ2v) is 9.94. The van der Waals surface area contributed by atoms with E-state index in [1.54, 1.807) is 4.57 Å². The zero-order valence-electron chi connectivity index (χ0n) is 17.9. The van der Waals surface area contributed by atoms with E-state index in [1.165, 1.54) is 0 Å². The number of rotatable bonds is 3. The molecule has 0 radical (unpaired) electrons. The number of aromatic amines is 1. The number of H-pyrrole nitrogens is 1. The Hall–Kier alpha value is -2.70. The van der Waals surface area contributed by atoms with E-state index in [0.717, 1.165) is 74.0 Å². The lowest BCUT2D eigenvalue weighted by Gasteiger charge is -2.39. The molecular weight excluding hydrogens is 392 g/mol. The van der Waals surface area contributed by atoms with Crippen LogP contribution in [0.5, 0.6) is 0 Å². The molecule has 0 atom stereocenters. The predicted molar refractivity (Wildman–Crippen MR) is 116 cm³/mol. The largest absolute Gasteiger partial charge is 0.338 e. The lowest BCUT2D eigenvalue weighted by molar-refractivity contribution is 0.0660. The first-order valence-corrected chi connectivity index (χ1v) is 11.6. The van der Waals surface area contributed by atoms with Gasteiger partial charge in [0.1, 0.15) is 11.4 Å². The smallest absolute Gasteiger partial charge is 0.263 e. The molecule has 7 heteroatoms. The Morgan fingerprint density at radius 3 is 2.55 bits per heavy atom. The van der Waals surface area contributed by atoms with E-state index in [9.17, 15) is 14.4 Å². The Kier molecular flexibility index (Phi) is 4.08. The molecule has 31 heavy (non-hydrogen) atoms. The third kappa shape index (κ3) is 3.00. The molecule has 3 heterocycles. The molecule has 2 aromatic rings. The van der Waals surface area contributed by atoms with Gasteiger partial charge in [-0.2, -0.15) is 0 Å². The molecular formula is C24H28N4O3. The van der Waals surface area contributed by atoms with Gasteiger partial charge in [0.2, 0.25) is 0 Å². The van der Waals surface area contributed by atoms with Crippen LogP contribution in [0.1, 0.15) is 89.9 Å². The van der Waals surface area contributed by atoms with Crippen molar-refractivity contribution in [3.8, 4) is 0 Å². The summed E-state index contributed by atoms with van der Waals surface area (Å²) in [4.78, 5) is 48.7. The highest BCUT2D eigenvalue weighted by Gasteiger charge is 2.45. The number of aromatic nitrogens is 3. The number of piperidine rings is 1. The summed E-state index contributed by atoms with van der Waals surface area (Å²) in [5.41, 5.74) is 2.67. The van der Waals surface area contributed by atoms with Crippen LogP contribution in [0.4, 0.5) is 0 Å². The number of fused-ring (bicyclic) bond motifs is 2. The third-order valence-corrected chi connectivity index (χ3v) is 7.84. The first-order valence-electron chi connectivity index (χ1n) is 11.6. The van der Waals surface area contributed by atoms with E-state index in [4.69, 9.17) is 4.98 Å². The van der Waals surface area contributed by atoms with E-state index >= 15 is 0 Å². The highest BCUT2D eigenvalue weighted by Crippen LogP contribution is 2.46. The van der Waals surface area contributed by atoms with Gasteiger partial charge in [-0.05, 0) is 69.9 Å². The van der Waals surface area contributed by atoms with Crippen LogP contribution >= 0.6 is 0 Å². The standard InChI is InChI=1S/C24H28N4O3/c1-14-7-11-28(16-4-5-16)23(31)18(14)22(30)27-12-9-24(10-13-27)8-6-17-19(24)25-20(15-2-3-15)26-21(17)29/h7,11,15-16H,2-6,8-10,12-13H2,1H3,(H,25,26,29). The molecule has 2 aromatic heterocycles. The number of carbonyl (C=O) groups excluding carboxylic acids is 1. The van der Waals surface area contributed by atoms with Crippen LogP contribution in [0.25, 0.3) is 0 Å². The number of carbonyl (C=O) groups is 1. The lowest BCUT2D eigenvalue weighted by Crippen LogP contribution is -2.46. The fraction of sp³-hybridized carbons (Fsp3) is 0.583. The molecule has 6 rings (SSSR count). The fourth-order valence-corrected chi connectivity index (χ4v) is 5.54. The topological polar surface area (TPSA) is 88.1 Å². The Bertz CT molecular complexity index is 1190. The number of likely N-dealkylation sites (tertiary alicyclic amines) is 1. The number of hydrogen-bond donors (Lipinski definition) is 1. The second kappa shape index (κ2) is 6.65. The van der Waals surface area contributed by atoms with Gasteiger partial charge >= 0.3 is 0 Å². The minimum absolute atomic E-state index is 0.0304. The van der Waals surface area contributed by atoms with Crippen LogP contribution in [-0.2, 0) is 11.8 Å². The number of pyridine rings is 1. The molecule has 3 fully saturated rings. The van der Waals surface area contributed by atoms with E-state index in [0.29, 0.717) is 24.6 Å². The number of aryl methyl sites for hydroxylation is 1. The Labute approximate surface area is 180 Å². The minimum Gasteiger partial charge on any atom is -0.338 e. The van der Waals surface area contributed by atoms with Crippen molar-refractivity contribution < 1.29 is 4.79 Å². The summed E-state index contributed by atoms with van der Waals surface area (Å²) in [7, 11) is 0. The average molecular weight is 421 g/mol. The SMILES string of the molecule is Cc1ccn(C2CC2)c(=O)c1C(=O)N1CCC2(CCc3c2nc(C2CC2)[nH]c3=O)CC1. The summed E-state index contributed by atoms with van der Waals surface area (Å²) >= 11 is 0. The van der Waals surface area contributed by atoms with Gasteiger partial charge in [0.25, 0.3) is 17.0 Å². The maximum Gasteiger partial charge on any atom is 0.263 e. The molecule has 1 N–H and O–H groups in total. The van der Waals surface area contributed by atoms with Crippen molar-refractivity contribution in [3.05, 3.63) is 61.2 Å². The highest BCUT2D eigenvalue weighted by molar-refractivity contribution is 5.95. The van der Waals surface area contributed by atoms with Gasteiger partial charge in [-0.3, -0.25) is 14.4 Å². The summed E-state index contributed by atoms with van der Waals surface area (Å²) in [5.74, 6) is 1.11. The van der Waals surface area contributed by atoms with Crippen LogP contribution in [0.2, 0.25) is 0 Å². The Morgan fingerprint density at radius 2 is 1.87 bits per heavy atom. The zero-order valence-corrected chi connectivity index (χ0v) is 17.9. The molecule has 1 aliphatic heterocycles. The monoisotopic (exact) mass is 420 g/mol. The van der Waals surface area contributed by atoms with Gasteiger partial charge in [0.15, 0.2) is 0 Å². The molecule has 1 amide bonds. The molecule has 162 valence electrons. The van der Waals surface area contributed by atoms with Gasteiger partial charge in [0, 0.05) is 42.2 Å². The van der Waals surface area contributed by atoms with E-state index in [-0.39, 0.29) is 28.5 Å². The first kappa shape index (κ1) is 19.0. The lowest BCUT2D eigenvalue weighted by atomic mass is 9.76. The van der Waals surface area contributed by atoms with Crippen LogP contribution in [-0.4, -0.2) is 38.4 Å². The number of nitrogens with one attached hydrogen (secondary N) is 1. The molecule has 1 saturated heterocycles. The molecule has 3 aliphatic carbocycles. The van der Waals surface area contributed by atoms with Crippen molar-refractivity contribution in [2.24, 2.45) is 0 Å². The summed E-state index contributed by atoms with van der Waals surface area (Å²) in [6.07, 6.45) is 9.34. The van der Waals surface area contributed by atoms with Gasteiger partial charge in [-0.1, -0.05) is 0 Å². The van der Waals surface area contributed by atoms with Crippen molar-refractivity contribution in [3.63, 3.8) is 0 Å². The van der Waals surface area contributed by atoms with Gasteiger partial charge in [-0.25, -0.2) is 4.98 Å². The van der Waals surface area contributed by atoms with Crippen molar-refractivity contribution in [1.29, 1.82) is 0 Å². The molecule has 0 bridgehead atoms. The molecule has 2 saturated carbocycles. The van der Waals surface area contributed by atoms with Crippen LogP contribution in [0.15, 0.2) is 21.9 Å². The quantitative estimate of drug-likeness (QED) is 0.827. The molecule has 0 aromatic carbocycles. The number of hydrogen-bond acceptors (Lipinski definition) is 4. The van der Waals surface area contributed by atoms with E-state index < -0.39 is 0 Å². The highest BCUT2D eigenvalue weighted by atomic mass is 16.2. The molecule has 4 aliphatic rings. The van der Waals surface area contributed by atoms with Gasteiger partial charge in [0.05, 0.1) is 5.69 Å². The maximum atomic E-state index is 13.3. The second-order valence-electron chi connectivity index (χ2n) is 9.94.